The van der Waals surface area contributed by atoms with Crippen molar-refractivity contribution in [3.63, 3.8) is 0 Å². The molecule has 0 aromatic heterocycles. The van der Waals surface area contributed by atoms with Crippen molar-refractivity contribution in [3.8, 4) is 0 Å². The number of allylic oxidation sites excluding steroid dienone is 4. The summed E-state index contributed by atoms with van der Waals surface area (Å²) >= 11 is 0. The summed E-state index contributed by atoms with van der Waals surface area (Å²) in [5.74, 6) is -0.0520. The number of amides is 1. The highest BCUT2D eigenvalue weighted by Crippen LogP contribution is 2.18. The molecule has 0 spiro atoms. The van der Waals surface area contributed by atoms with Gasteiger partial charge in [-0.15, -0.1) is 0 Å². The molecule has 0 aromatic carbocycles. The lowest BCUT2D eigenvalue weighted by Crippen LogP contribution is -2.45. The van der Waals surface area contributed by atoms with Crippen LogP contribution >= 0.6 is 0 Å². The molecule has 0 aromatic rings. The SMILES string of the molecule is CCCCCCCCCCCCCCCCCCCCC(=O)OCCCCC/C=C\C=C/CCCCCCCCCCCCC(=O)NC(CO)C(O)CCCCCCCCCCCCCCCC. The number of carbonyl (C=O) groups excluding carboxylic acids is 2. The molecule has 0 aliphatic rings. The fourth-order valence-corrected chi connectivity index (χ4v) is 9.57. The molecule has 0 aliphatic carbocycles. The number of aliphatic hydroxyl groups excluding tert-OH is 2. The van der Waals surface area contributed by atoms with E-state index < -0.39 is 12.1 Å². The van der Waals surface area contributed by atoms with Crippen LogP contribution in [0.15, 0.2) is 24.3 Å². The Kier molecular flexibility index (Phi) is 56.5. The number of hydrogen-bond donors (Lipinski definition) is 3. The largest absolute Gasteiger partial charge is 0.466 e. The third-order valence-corrected chi connectivity index (χ3v) is 14.3. The number of carbonyl (C=O) groups is 2. The van der Waals surface area contributed by atoms with Gasteiger partial charge in [-0.25, -0.2) is 0 Å². The topological polar surface area (TPSA) is 95.9 Å². The number of aliphatic hydroxyl groups is 2. The van der Waals surface area contributed by atoms with Crippen molar-refractivity contribution in [1.82, 2.24) is 5.32 Å². The number of rotatable bonds is 57. The van der Waals surface area contributed by atoms with Gasteiger partial charge in [0.05, 0.1) is 25.4 Å². The van der Waals surface area contributed by atoms with Crippen molar-refractivity contribution in [3.05, 3.63) is 24.3 Å². The van der Waals surface area contributed by atoms with Gasteiger partial charge in [0.1, 0.15) is 0 Å². The van der Waals surface area contributed by atoms with Gasteiger partial charge in [0.25, 0.3) is 0 Å². The van der Waals surface area contributed by atoms with Gasteiger partial charge in [-0.05, 0) is 57.8 Å². The first-order chi connectivity index (χ1) is 33.5. The zero-order valence-corrected chi connectivity index (χ0v) is 45.9. The van der Waals surface area contributed by atoms with Crippen molar-refractivity contribution >= 4 is 11.9 Å². The van der Waals surface area contributed by atoms with Gasteiger partial charge in [-0.3, -0.25) is 9.59 Å². The minimum absolute atomic E-state index is 0.00857. The summed E-state index contributed by atoms with van der Waals surface area (Å²) in [5.41, 5.74) is 0. The van der Waals surface area contributed by atoms with Crippen LogP contribution in [0.25, 0.3) is 0 Å². The zero-order chi connectivity index (χ0) is 49.3. The quantitative estimate of drug-likeness (QED) is 0.0321. The van der Waals surface area contributed by atoms with Crippen LogP contribution < -0.4 is 5.32 Å². The molecule has 402 valence electrons. The smallest absolute Gasteiger partial charge is 0.305 e. The van der Waals surface area contributed by atoms with E-state index in [1.54, 1.807) is 0 Å². The zero-order valence-electron chi connectivity index (χ0n) is 45.9. The van der Waals surface area contributed by atoms with Crippen LogP contribution in [0.3, 0.4) is 0 Å². The third kappa shape index (κ3) is 53.7. The predicted octanol–water partition coefficient (Wildman–Crippen LogP) is 19.0. The molecule has 0 rings (SSSR count). The van der Waals surface area contributed by atoms with E-state index in [2.05, 4.69) is 43.5 Å². The van der Waals surface area contributed by atoms with Gasteiger partial charge in [-0.2, -0.15) is 0 Å². The molecular formula is C62H119NO5. The molecule has 0 radical (unpaired) electrons. The fourth-order valence-electron chi connectivity index (χ4n) is 9.57. The minimum Gasteiger partial charge on any atom is -0.466 e. The molecule has 6 heteroatoms. The number of unbranched alkanes of at least 4 members (excludes halogenated alkanes) is 43. The van der Waals surface area contributed by atoms with E-state index in [9.17, 15) is 19.8 Å². The first kappa shape index (κ1) is 66.3. The summed E-state index contributed by atoms with van der Waals surface area (Å²) in [5, 5.41) is 23.3. The number of nitrogens with one attached hydrogen (secondary N) is 1. The minimum atomic E-state index is -0.670. The molecule has 0 bridgehead atoms. The predicted molar refractivity (Wildman–Crippen MR) is 296 cm³/mol. The maximum absolute atomic E-state index is 12.5. The van der Waals surface area contributed by atoms with Crippen molar-refractivity contribution < 1.29 is 24.5 Å². The molecule has 1 amide bonds. The second-order valence-corrected chi connectivity index (χ2v) is 21.1. The Hall–Kier alpha value is -1.66. The Balaban J connectivity index is 3.44. The van der Waals surface area contributed by atoms with Crippen LogP contribution in [0.1, 0.15) is 335 Å². The summed E-state index contributed by atoms with van der Waals surface area (Å²) < 4.78 is 5.47. The van der Waals surface area contributed by atoms with E-state index in [-0.39, 0.29) is 18.5 Å². The number of hydrogen-bond acceptors (Lipinski definition) is 5. The molecule has 2 unspecified atom stereocenters. The molecule has 0 heterocycles. The van der Waals surface area contributed by atoms with E-state index in [4.69, 9.17) is 4.74 Å². The van der Waals surface area contributed by atoms with E-state index in [0.717, 1.165) is 70.6 Å². The summed E-state index contributed by atoms with van der Waals surface area (Å²) in [6.45, 7) is 4.93. The lowest BCUT2D eigenvalue weighted by atomic mass is 10.0. The van der Waals surface area contributed by atoms with E-state index in [1.807, 2.05) is 0 Å². The van der Waals surface area contributed by atoms with Gasteiger partial charge in [-0.1, -0.05) is 289 Å². The molecule has 0 saturated heterocycles. The monoisotopic (exact) mass is 958 g/mol. The normalized spacial score (nSPS) is 12.7. The van der Waals surface area contributed by atoms with Crippen LogP contribution in [-0.4, -0.2) is 47.4 Å². The summed E-state index contributed by atoms with van der Waals surface area (Å²) in [6, 6.07) is -0.548. The second kappa shape index (κ2) is 57.9. The van der Waals surface area contributed by atoms with Gasteiger partial charge < -0.3 is 20.3 Å². The van der Waals surface area contributed by atoms with Gasteiger partial charge in [0, 0.05) is 12.8 Å². The Labute approximate surface area is 424 Å². The fraction of sp³-hybridized carbons (Fsp3) is 0.903. The van der Waals surface area contributed by atoms with Crippen molar-refractivity contribution in [2.45, 2.75) is 347 Å². The average molecular weight is 959 g/mol. The van der Waals surface area contributed by atoms with Crippen LogP contribution in [0.2, 0.25) is 0 Å². The summed E-state index contributed by atoms with van der Waals surface area (Å²) in [7, 11) is 0. The van der Waals surface area contributed by atoms with Crippen LogP contribution in [-0.2, 0) is 14.3 Å². The van der Waals surface area contributed by atoms with Crippen LogP contribution in [0, 0.1) is 0 Å². The highest BCUT2D eigenvalue weighted by molar-refractivity contribution is 5.76. The van der Waals surface area contributed by atoms with Crippen molar-refractivity contribution in [1.29, 1.82) is 0 Å². The molecule has 0 saturated carbocycles. The molecule has 68 heavy (non-hydrogen) atoms. The number of ether oxygens (including phenoxy) is 1. The molecule has 6 nitrogen and oxygen atoms in total. The van der Waals surface area contributed by atoms with Crippen LogP contribution in [0.5, 0.6) is 0 Å². The average Bonchev–Trinajstić information content (AvgIpc) is 3.34. The summed E-state index contributed by atoms with van der Waals surface area (Å²) in [4.78, 5) is 24.5. The first-order valence-electron chi connectivity index (χ1n) is 30.6. The van der Waals surface area contributed by atoms with Crippen LogP contribution in [0.4, 0.5) is 0 Å². The Morgan fingerprint density at radius 3 is 1.09 bits per heavy atom. The maximum atomic E-state index is 12.5. The highest BCUT2D eigenvalue weighted by atomic mass is 16.5. The van der Waals surface area contributed by atoms with Crippen molar-refractivity contribution in [2.75, 3.05) is 13.2 Å². The lowest BCUT2D eigenvalue weighted by Gasteiger charge is -2.22. The molecule has 0 aliphatic heterocycles. The lowest BCUT2D eigenvalue weighted by molar-refractivity contribution is -0.143. The van der Waals surface area contributed by atoms with Gasteiger partial charge in [0.15, 0.2) is 0 Å². The Bertz CT molecular complexity index is 1060. The highest BCUT2D eigenvalue weighted by Gasteiger charge is 2.20. The molecular weight excluding hydrogens is 839 g/mol. The maximum Gasteiger partial charge on any atom is 0.305 e. The number of esters is 1. The molecule has 3 N–H and O–H groups in total. The molecule has 0 fully saturated rings. The Morgan fingerprint density at radius 2 is 0.721 bits per heavy atom. The van der Waals surface area contributed by atoms with Gasteiger partial charge in [0.2, 0.25) is 5.91 Å². The molecule has 2 atom stereocenters. The standard InChI is InChI=1S/C62H119NO5/c1-3-5-7-9-11-13-15-17-19-20-25-28-32-36-40-44-48-52-56-62(67)68-57-53-49-45-41-37-33-29-26-23-21-22-24-27-31-35-39-43-47-51-55-61(66)63-59(58-64)60(65)54-50-46-42-38-34-30-18-16-14-12-10-8-6-4-2/h26,29,33,37,59-60,64-65H,3-25,27-28,30-32,34-36,38-58H2,1-2H3,(H,63,66)/b29-26-,37-33-. The first-order valence-corrected chi connectivity index (χ1v) is 30.6. The van der Waals surface area contributed by atoms with Gasteiger partial charge >= 0.3 is 5.97 Å². The second-order valence-electron chi connectivity index (χ2n) is 21.1. The van der Waals surface area contributed by atoms with Crippen molar-refractivity contribution in [2.24, 2.45) is 0 Å². The van der Waals surface area contributed by atoms with E-state index in [1.165, 1.54) is 231 Å². The van der Waals surface area contributed by atoms with E-state index >= 15 is 0 Å². The third-order valence-electron chi connectivity index (χ3n) is 14.3. The van der Waals surface area contributed by atoms with E-state index in [0.29, 0.717) is 25.9 Å². The summed E-state index contributed by atoms with van der Waals surface area (Å²) in [6.07, 6.45) is 70.4. The Morgan fingerprint density at radius 1 is 0.412 bits per heavy atom.